The average Bonchev–Trinajstić information content (AvgIpc) is 2.67. The van der Waals surface area contributed by atoms with Gasteiger partial charge in [0.05, 0.1) is 30.7 Å². The van der Waals surface area contributed by atoms with Gasteiger partial charge in [0.25, 0.3) is 0 Å². The third-order valence-electron chi connectivity index (χ3n) is 3.46. The van der Waals surface area contributed by atoms with E-state index in [0.717, 1.165) is 0 Å². The van der Waals surface area contributed by atoms with Crippen LogP contribution in [0.1, 0.15) is 21.3 Å². The Morgan fingerprint density at radius 2 is 1.56 bits per heavy atom. The van der Waals surface area contributed by atoms with E-state index in [4.69, 9.17) is 26.4 Å². The highest BCUT2D eigenvalue weighted by Gasteiger charge is 2.16. The fourth-order valence-electron chi connectivity index (χ4n) is 2.23. The molecule has 0 fully saturated rings. The molecule has 2 rings (SSSR count). The molecule has 6 heteroatoms. The van der Waals surface area contributed by atoms with E-state index in [1.54, 1.807) is 30.3 Å². The van der Waals surface area contributed by atoms with Gasteiger partial charge in [-0.25, -0.2) is 0 Å². The van der Waals surface area contributed by atoms with Crippen LogP contribution in [0, 0.1) is 0 Å². The zero-order chi connectivity index (χ0) is 20.0. The van der Waals surface area contributed by atoms with Crippen LogP contribution in [0.15, 0.2) is 36.4 Å². The van der Waals surface area contributed by atoms with Gasteiger partial charge >= 0.3 is 0 Å². The van der Waals surface area contributed by atoms with E-state index in [1.165, 1.54) is 27.4 Å². The van der Waals surface area contributed by atoms with Gasteiger partial charge in [0.15, 0.2) is 23.0 Å². The number of rotatable bonds is 9. The topological polar surface area (TPSA) is 66.4 Å². The molecule has 2 aromatic carbocycles. The molecular weight excluding hydrogens is 324 g/mol. The van der Waals surface area contributed by atoms with Gasteiger partial charge in [0, 0.05) is 0 Å². The zero-order valence-corrected chi connectivity index (χ0v) is 14.7. The van der Waals surface area contributed by atoms with Gasteiger partial charge in [-0.3, -0.25) is 0 Å². The van der Waals surface area contributed by atoms with Crippen LogP contribution in [0.2, 0.25) is 0 Å². The Kier molecular flexibility index (Phi) is 5.74. The molecule has 0 aliphatic heterocycles. The summed E-state index contributed by atoms with van der Waals surface area (Å²) in [6.45, 7) is -0.175. The van der Waals surface area contributed by atoms with Gasteiger partial charge in [0.2, 0.25) is 5.75 Å². The minimum absolute atomic E-state index is 0.0597. The lowest BCUT2D eigenvalue weighted by Gasteiger charge is -2.18. The molecule has 136 valence electrons. The van der Waals surface area contributed by atoms with Crippen molar-refractivity contribution in [3.05, 3.63) is 42.0 Å². The van der Waals surface area contributed by atoms with E-state index >= 15 is 0 Å². The summed E-state index contributed by atoms with van der Waals surface area (Å²) in [5, 5.41) is 10.6. The van der Waals surface area contributed by atoms with Gasteiger partial charge < -0.3 is 28.8 Å². The highest BCUT2D eigenvalue weighted by molar-refractivity contribution is 5.51. The van der Waals surface area contributed by atoms with Crippen molar-refractivity contribution in [1.82, 2.24) is 0 Å². The smallest absolute Gasteiger partial charge is 0.203 e. The molecular formula is C19H24O6. The molecule has 0 amide bonds. The monoisotopic (exact) mass is 350 g/mol. The second-order valence-electron chi connectivity index (χ2n) is 4.96. The molecule has 2 aromatic rings. The van der Waals surface area contributed by atoms with Gasteiger partial charge in [-0.2, -0.15) is 0 Å². The molecule has 0 spiro atoms. The van der Waals surface area contributed by atoms with Gasteiger partial charge in [-0.15, -0.1) is 0 Å². The van der Waals surface area contributed by atoms with Crippen LogP contribution in [0.5, 0.6) is 28.7 Å². The lowest BCUT2D eigenvalue weighted by Crippen LogP contribution is -2.11. The number of para-hydroxylation sites is 1. The molecule has 6 nitrogen and oxygen atoms in total. The highest BCUT2D eigenvalue weighted by Crippen LogP contribution is 2.37. The molecule has 25 heavy (non-hydrogen) atoms. The first-order chi connectivity index (χ1) is 12.9. The number of benzene rings is 2. The number of ether oxygens (including phenoxy) is 5. The number of hydrogen-bond acceptors (Lipinski definition) is 6. The molecule has 0 saturated carbocycles. The minimum Gasteiger partial charge on any atom is -0.493 e. The molecule has 0 aliphatic rings. The van der Waals surface area contributed by atoms with Gasteiger partial charge in [-0.05, 0) is 36.8 Å². The quantitative estimate of drug-likeness (QED) is 0.749. The average molecular weight is 350 g/mol. The fourth-order valence-corrected chi connectivity index (χ4v) is 2.23. The normalized spacial score (nSPS) is 13.3. The minimum atomic E-state index is -2.47. The summed E-state index contributed by atoms with van der Waals surface area (Å²) in [5.74, 6) is 1.52. The summed E-state index contributed by atoms with van der Waals surface area (Å²) in [6, 6.07) is 9.59. The predicted molar refractivity (Wildman–Crippen MR) is 94.2 cm³/mol. The van der Waals surface area contributed by atoms with Crippen LogP contribution in [-0.2, 0) is 0 Å². The summed E-state index contributed by atoms with van der Waals surface area (Å²) in [6.07, 6.45) is -1.60. The van der Waals surface area contributed by atoms with Crippen molar-refractivity contribution < 1.29 is 31.5 Å². The lowest BCUT2D eigenvalue weighted by molar-refractivity contribution is 0.104. The van der Waals surface area contributed by atoms with Crippen LogP contribution in [0.4, 0.5) is 0 Å². The van der Waals surface area contributed by atoms with E-state index in [-0.39, 0.29) is 22.8 Å². The predicted octanol–water partition coefficient (Wildman–Crippen LogP) is 3.22. The summed E-state index contributed by atoms with van der Waals surface area (Å²) >= 11 is 0. The third-order valence-corrected chi connectivity index (χ3v) is 3.46. The van der Waals surface area contributed by atoms with Crippen molar-refractivity contribution in [2.24, 2.45) is 0 Å². The first kappa shape index (κ1) is 15.9. The Morgan fingerprint density at radius 1 is 0.920 bits per heavy atom. The second kappa shape index (κ2) is 9.03. The number of methoxy groups -OCH3 is 3. The van der Waals surface area contributed by atoms with Crippen molar-refractivity contribution in [3.8, 4) is 28.7 Å². The van der Waals surface area contributed by atoms with Crippen LogP contribution < -0.4 is 23.7 Å². The second-order valence-corrected chi connectivity index (χ2v) is 4.96. The molecule has 0 saturated heterocycles. The van der Waals surface area contributed by atoms with Crippen molar-refractivity contribution >= 4 is 0 Å². The van der Waals surface area contributed by atoms with Crippen LogP contribution in [0.25, 0.3) is 0 Å². The van der Waals surface area contributed by atoms with Crippen LogP contribution >= 0.6 is 0 Å². The number of aliphatic hydroxyl groups excluding tert-OH is 1. The standard InChI is InChI=1S/C19H24O6/c1-5-24-15-10-9-13(11-18(15)23-4)14(20)12-25-19-16(21-2)7-6-8-17(19)22-3/h6-11,14,20H,5,12H2,1-4H3/i12D2. The van der Waals surface area contributed by atoms with Crippen molar-refractivity contribution in [2.45, 2.75) is 13.0 Å². The van der Waals surface area contributed by atoms with Crippen molar-refractivity contribution in [2.75, 3.05) is 34.5 Å². The Labute approximate surface area is 150 Å². The van der Waals surface area contributed by atoms with Crippen molar-refractivity contribution in [1.29, 1.82) is 0 Å². The van der Waals surface area contributed by atoms with Gasteiger partial charge in [0.1, 0.15) is 12.7 Å². The van der Waals surface area contributed by atoms with E-state index in [0.29, 0.717) is 18.1 Å². The molecule has 0 aromatic heterocycles. The van der Waals surface area contributed by atoms with Crippen LogP contribution in [-0.4, -0.2) is 39.6 Å². The largest absolute Gasteiger partial charge is 0.493 e. The van der Waals surface area contributed by atoms with E-state index in [9.17, 15) is 5.11 Å². The first-order valence-electron chi connectivity index (χ1n) is 8.76. The molecule has 1 unspecified atom stereocenters. The highest BCUT2D eigenvalue weighted by atomic mass is 16.5. The van der Waals surface area contributed by atoms with E-state index in [1.807, 2.05) is 6.92 Å². The summed E-state index contributed by atoms with van der Waals surface area (Å²) in [5.41, 5.74) is 0.272. The van der Waals surface area contributed by atoms with E-state index in [2.05, 4.69) is 0 Å². The summed E-state index contributed by atoms with van der Waals surface area (Å²) in [4.78, 5) is 0. The van der Waals surface area contributed by atoms with Crippen molar-refractivity contribution in [3.63, 3.8) is 0 Å². The van der Waals surface area contributed by atoms with Gasteiger partial charge in [-0.1, -0.05) is 12.1 Å². The molecule has 1 N–H and O–H groups in total. The maximum Gasteiger partial charge on any atom is 0.203 e. The first-order valence-corrected chi connectivity index (χ1v) is 7.76. The number of hydrogen-bond donors (Lipinski definition) is 1. The summed E-state index contributed by atoms with van der Waals surface area (Å²) < 4.78 is 43.0. The molecule has 1 atom stereocenters. The Morgan fingerprint density at radius 3 is 2.12 bits per heavy atom. The molecule has 0 aliphatic carbocycles. The molecule has 0 bridgehead atoms. The maximum atomic E-state index is 10.6. The fraction of sp³-hybridized carbons (Fsp3) is 0.368. The Hall–Kier alpha value is -2.60. The molecule has 0 heterocycles. The SMILES string of the molecule is [2H]C([2H])(Oc1c(OC)cccc1OC)C(O)c1ccc(OCC)c(OC)c1. The Bertz CT molecular complexity index is 744. The van der Waals surface area contributed by atoms with E-state index < -0.39 is 12.7 Å². The summed E-state index contributed by atoms with van der Waals surface area (Å²) in [7, 11) is 4.34. The maximum absolute atomic E-state index is 10.6. The lowest BCUT2D eigenvalue weighted by atomic mass is 10.1. The number of aliphatic hydroxyl groups is 1. The van der Waals surface area contributed by atoms with Crippen LogP contribution in [0.3, 0.4) is 0 Å². The third kappa shape index (κ3) is 4.48. The Balaban J connectivity index is 2.34. The zero-order valence-electron chi connectivity index (χ0n) is 16.7. The molecule has 0 radical (unpaired) electrons.